The van der Waals surface area contributed by atoms with Gasteiger partial charge in [0.2, 0.25) is 0 Å². The van der Waals surface area contributed by atoms with Crippen LogP contribution in [-0.2, 0) is 16.0 Å². The Hall–Kier alpha value is -2.03. The zero-order chi connectivity index (χ0) is 19.2. The number of hydrogen-bond donors (Lipinski definition) is 1. The van der Waals surface area contributed by atoms with E-state index in [-0.39, 0.29) is 16.8 Å². The summed E-state index contributed by atoms with van der Waals surface area (Å²) >= 11 is 0. The lowest BCUT2D eigenvalue weighted by Gasteiger charge is -2.44. The Morgan fingerprint density at radius 1 is 1.50 bits per heavy atom. The molecule has 26 heavy (non-hydrogen) atoms. The highest BCUT2D eigenvalue weighted by Crippen LogP contribution is 2.27. The SMILES string of the molecule is CCC1(C)COCCN1Cc1ccc([N+](=O)[O-])c(C(=O)NCCOC)c1. The van der Waals surface area contributed by atoms with Crippen molar-refractivity contribution in [2.45, 2.75) is 32.4 Å². The Balaban J connectivity index is 2.23. The van der Waals surface area contributed by atoms with Crippen LogP contribution in [0.25, 0.3) is 0 Å². The van der Waals surface area contributed by atoms with E-state index in [1.807, 2.05) is 0 Å². The molecule has 0 radical (unpaired) electrons. The van der Waals surface area contributed by atoms with Gasteiger partial charge in [0.25, 0.3) is 11.6 Å². The van der Waals surface area contributed by atoms with Gasteiger partial charge >= 0.3 is 0 Å². The molecule has 0 saturated carbocycles. The van der Waals surface area contributed by atoms with Gasteiger partial charge in [0.05, 0.1) is 24.7 Å². The number of morpholine rings is 1. The summed E-state index contributed by atoms with van der Waals surface area (Å²) in [6, 6.07) is 4.74. The Bertz CT molecular complexity index is 652. The van der Waals surface area contributed by atoms with Crippen LogP contribution in [0.3, 0.4) is 0 Å². The molecule has 1 saturated heterocycles. The second kappa shape index (κ2) is 9.07. The van der Waals surface area contributed by atoms with Crippen LogP contribution in [0.1, 0.15) is 36.2 Å². The Morgan fingerprint density at radius 3 is 2.92 bits per heavy atom. The van der Waals surface area contributed by atoms with Crippen molar-refractivity contribution in [1.82, 2.24) is 10.2 Å². The molecule has 2 rings (SSSR count). The number of ether oxygens (including phenoxy) is 2. The van der Waals surface area contributed by atoms with Crippen molar-refractivity contribution in [2.24, 2.45) is 0 Å². The fraction of sp³-hybridized carbons (Fsp3) is 0.611. The number of nitro benzene ring substituents is 1. The van der Waals surface area contributed by atoms with Crippen molar-refractivity contribution in [3.05, 3.63) is 39.4 Å². The van der Waals surface area contributed by atoms with Crippen LogP contribution in [0, 0.1) is 10.1 Å². The highest BCUT2D eigenvalue weighted by Gasteiger charge is 2.33. The molecule has 1 aromatic carbocycles. The molecular weight excluding hydrogens is 338 g/mol. The largest absolute Gasteiger partial charge is 0.383 e. The van der Waals surface area contributed by atoms with Crippen molar-refractivity contribution >= 4 is 11.6 Å². The van der Waals surface area contributed by atoms with E-state index < -0.39 is 10.8 Å². The number of amides is 1. The van der Waals surface area contributed by atoms with Crippen molar-refractivity contribution in [2.75, 3.05) is 40.0 Å². The molecule has 1 aromatic rings. The van der Waals surface area contributed by atoms with Gasteiger partial charge in [-0.25, -0.2) is 0 Å². The van der Waals surface area contributed by atoms with E-state index in [9.17, 15) is 14.9 Å². The topological polar surface area (TPSA) is 93.9 Å². The number of benzene rings is 1. The molecule has 1 amide bonds. The van der Waals surface area contributed by atoms with Crippen LogP contribution in [0.15, 0.2) is 18.2 Å². The first-order chi connectivity index (χ1) is 12.4. The number of carbonyl (C=O) groups is 1. The summed E-state index contributed by atoms with van der Waals surface area (Å²) in [6.45, 7) is 7.63. The summed E-state index contributed by atoms with van der Waals surface area (Å²) in [5.74, 6) is -0.462. The summed E-state index contributed by atoms with van der Waals surface area (Å²) in [7, 11) is 1.53. The fourth-order valence-electron chi connectivity index (χ4n) is 3.03. The first-order valence-corrected chi connectivity index (χ1v) is 8.78. The Kier molecular flexibility index (Phi) is 7.07. The number of nitro groups is 1. The van der Waals surface area contributed by atoms with E-state index in [1.54, 1.807) is 12.1 Å². The molecule has 144 valence electrons. The molecule has 1 aliphatic heterocycles. The van der Waals surface area contributed by atoms with Gasteiger partial charge in [-0.05, 0) is 25.0 Å². The van der Waals surface area contributed by atoms with E-state index in [0.717, 1.165) is 18.5 Å². The van der Waals surface area contributed by atoms with E-state index in [2.05, 4.69) is 24.1 Å². The molecule has 0 aliphatic carbocycles. The molecule has 0 bridgehead atoms. The summed E-state index contributed by atoms with van der Waals surface area (Å²) in [5, 5.41) is 13.9. The lowest BCUT2D eigenvalue weighted by atomic mass is 9.95. The van der Waals surface area contributed by atoms with Crippen molar-refractivity contribution in [3.8, 4) is 0 Å². The zero-order valence-corrected chi connectivity index (χ0v) is 15.6. The van der Waals surface area contributed by atoms with Crippen molar-refractivity contribution < 1.29 is 19.2 Å². The summed E-state index contributed by atoms with van der Waals surface area (Å²) in [4.78, 5) is 25.4. The standard InChI is InChI=1S/C18H27N3O5/c1-4-18(2)13-26-10-8-20(18)12-14-5-6-16(21(23)24)15(11-14)17(22)19-7-9-25-3/h5-6,11H,4,7-10,12-13H2,1-3H3,(H,19,22). The number of carbonyl (C=O) groups excluding carboxylic acids is 1. The predicted molar refractivity (Wildman–Crippen MR) is 97.2 cm³/mol. The third kappa shape index (κ3) is 4.78. The minimum Gasteiger partial charge on any atom is -0.383 e. The summed E-state index contributed by atoms with van der Waals surface area (Å²) in [5.41, 5.74) is 0.675. The van der Waals surface area contributed by atoms with Gasteiger partial charge in [0, 0.05) is 38.3 Å². The number of methoxy groups -OCH3 is 1. The first kappa shape index (κ1) is 20.3. The summed E-state index contributed by atoms with van der Waals surface area (Å²) < 4.78 is 10.5. The molecule has 1 unspecified atom stereocenters. The van der Waals surface area contributed by atoms with Crippen LogP contribution in [0.4, 0.5) is 5.69 Å². The highest BCUT2D eigenvalue weighted by atomic mass is 16.6. The maximum Gasteiger partial charge on any atom is 0.282 e. The lowest BCUT2D eigenvalue weighted by Crippen LogP contribution is -2.54. The van der Waals surface area contributed by atoms with E-state index in [1.165, 1.54) is 13.2 Å². The number of nitrogens with zero attached hydrogens (tertiary/aromatic N) is 2. The molecular formula is C18H27N3O5. The van der Waals surface area contributed by atoms with E-state index in [4.69, 9.17) is 9.47 Å². The first-order valence-electron chi connectivity index (χ1n) is 8.78. The molecule has 1 aliphatic rings. The van der Waals surface area contributed by atoms with Gasteiger partial charge in [-0.15, -0.1) is 0 Å². The minimum absolute atomic E-state index is 0.0788. The van der Waals surface area contributed by atoms with Gasteiger partial charge < -0.3 is 14.8 Å². The second-order valence-corrected chi connectivity index (χ2v) is 6.68. The van der Waals surface area contributed by atoms with Gasteiger partial charge in [-0.1, -0.05) is 13.0 Å². The maximum atomic E-state index is 12.4. The average Bonchev–Trinajstić information content (AvgIpc) is 2.63. The minimum atomic E-state index is -0.528. The third-order valence-electron chi connectivity index (χ3n) is 4.91. The van der Waals surface area contributed by atoms with Crippen LogP contribution in [0.5, 0.6) is 0 Å². The van der Waals surface area contributed by atoms with Crippen LogP contribution < -0.4 is 5.32 Å². The van der Waals surface area contributed by atoms with Gasteiger partial charge in [-0.3, -0.25) is 19.8 Å². The molecule has 8 heteroatoms. The normalized spacial score (nSPS) is 20.7. The van der Waals surface area contributed by atoms with Gasteiger partial charge in [0.15, 0.2) is 0 Å². The summed E-state index contributed by atoms with van der Waals surface area (Å²) in [6.07, 6.45) is 0.935. The van der Waals surface area contributed by atoms with E-state index >= 15 is 0 Å². The molecule has 8 nitrogen and oxygen atoms in total. The molecule has 0 spiro atoms. The van der Waals surface area contributed by atoms with Crippen LogP contribution >= 0.6 is 0 Å². The fourth-order valence-corrected chi connectivity index (χ4v) is 3.03. The quantitative estimate of drug-likeness (QED) is 0.430. The molecule has 1 N–H and O–H groups in total. The predicted octanol–water partition coefficient (Wildman–Crippen LogP) is 1.97. The zero-order valence-electron chi connectivity index (χ0n) is 15.6. The maximum absolute atomic E-state index is 12.4. The molecule has 0 aromatic heterocycles. The average molecular weight is 365 g/mol. The van der Waals surface area contributed by atoms with E-state index in [0.29, 0.717) is 32.9 Å². The van der Waals surface area contributed by atoms with Crippen LogP contribution in [0.2, 0.25) is 0 Å². The van der Waals surface area contributed by atoms with Crippen LogP contribution in [-0.4, -0.2) is 61.3 Å². The smallest absolute Gasteiger partial charge is 0.282 e. The molecule has 1 fully saturated rings. The number of nitrogens with one attached hydrogen (secondary N) is 1. The highest BCUT2D eigenvalue weighted by molar-refractivity contribution is 5.98. The number of rotatable bonds is 8. The van der Waals surface area contributed by atoms with Gasteiger partial charge in [0.1, 0.15) is 5.56 Å². The molecule has 1 atom stereocenters. The third-order valence-corrected chi connectivity index (χ3v) is 4.91. The number of hydrogen-bond acceptors (Lipinski definition) is 6. The van der Waals surface area contributed by atoms with Crippen molar-refractivity contribution in [3.63, 3.8) is 0 Å². The van der Waals surface area contributed by atoms with Gasteiger partial charge in [-0.2, -0.15) is 0 Å². The lowest BCUT2D eigenvalue weighted by molar-refractivity contribution is -0.385. The van der Waals surface area contributed by atoms with Crippen molar-refractivity contribution in [1.29, 1.82) is 0 Å². The second-order valence-electron chi connectivity index (χ2n) is 6.68. The Labute approximate surface area is 153 Å². The molecule has 1 heterocycles. The Morgan fingerprint density at radius 2 is 2.27 bits per heavy atom. The monoisotopic (exact) mass is 365 g/mol.